The molecule has 0 spiro atoms. The quantitative estimate of drug-likeness (QED) is 0.387. The van der Waals surface area contributed by atoms with Gasteiger partial charge in [0.1, 0.15) is 0 Å². The molecule has 0 fully saturated rings. The summed E-state index contributed by atoms with van der Waals surface area (Å²) in [6, 6.07) is 9.56. The zero-order valence-electron chi connectivity index (χ0n) is 17.9. The first-order valence-corrected chi connectivity index (χ1v) is 22.3. The topological polar surface area (TPSA) is 27.7 Å². The van der Waals surface area contributed by atoms with Crippen molar-refractivity contribution in [3.8, 4) is 0 Å². The highest BCUT2D eigenvalue weighted by Crippen LogP contribution is 2.16. The van der Waals surface area contributed by atoms with E-state index in [2.05, 4.69) is 76.7 Å². The van der Waals surface area contributed by atoms with E-state index in [-0.39, 0.29) is 0 Å². The fraction of sp³-hybridized carbons (Fsp3) is 0.556. The average Bonchev–Trinajstić information content (AvgIpc) is 2.53. The molecule has 0 N–H and O–H groups in total. The van der Waals surface area contributed by atoms with Crippen LogP contribution in [0.3, 0.4) is 0 Å². The summed E-state index contributed by atoms with van der Waals surface area (Å²) in [6.45, 7) is 19.8. The summed E-state index contributed by atoms with van der Waals surface area (Å²) in [5, 5.41) is 0. The Morgan fingerprint density at radius 1 is 0.778 bits per heavy atom. The maximum Gasteiger partial charge on any atom is 0.220 e. The molecule has 6 radical (unpaired) electrons. The minimum absolute atomic E-state index is 0.532. The molecule has 0 heterocycles. The lowest BCUT2D eigenvalue weighted by molar-refractivity contribution is 0.566. The maximum absolute atomic E-state index is 6.33. The van der Waals surface area contributed by atoms with Gasteiger partial charge in [-0.2, -0.15) is 0 Å². The van der Waals surface area contributed by atoms with Gasteiger partial charge in [-0.3, -0.25) is 0 Å². The van der Waals surface area contributed by atoms with Gasteiger partial charge >= 0.3 is 0 Å². The van der Waals surface area contributed by atoms with Crippen LogP contribution in [-0.4, -0.2) is 54.2 Å². The van der Waals surface area contributed by atoms with Crippen molar-refractivity contribution in [1.29, 1.82) is 0 Å². The normalized spacial score (nSPS) is 13.0. The second kappa shape index (κ2) is 11.4. The molecule has 0 aromatic heterocycles. The monoisotopic (exact) mass is 466 g/mol. The Labute approximate surface area is 177 Å². The summed E-state index contributed by atoms with van der Waals surface area (Å²) >= 11 is 0. The Morgan fingerprint density at radius 3 is 1.74 bits per heavy atom. The lowest BCUT2D eigenvalue weighted by atomic mass is 10.1. The van der Waals surface area contributed by atoms with Crippen molar-refractivity contribution in [3.63, 3.8) is 0 Å². The van der Waals surface area contributed by atoms with Crippen LogP contribution in [-0.2, 0) is 18.4 Å². The summed E-state index contributed by atoms with van der Waals surface area (Å²) in [6.07, 6.45) is 1.88. The largest absolute Gasteiger partial charge is 0.456 e. The molecule has 0 atom stereocenters. The van der Waals surface area contributed by atoms with Crippen molar-refractivity contribution in [2.75, 3.05) is 0 Å². The van der Waals surface area contributed by atoms with Gasteiger partial charge in [0.15, 0.2) is 25.0 Å². The van der Waals surface area contributed by atoms with E-state index in [0.717, 1.165) is 17.4 Å². The summed E-state index contributed by atoms with van der Waals surface area (Å²) in [7, 11) is -2.98. The van der Waals surface area contributed by atoms with Gasteiger partial charge in [0.2, 0.25) is 29.3 Å². The van der Waals surface area contributed by atoms with Gasteiger partial charge in [0.25, 0.3) is 0 Å². The third-order valence-electron chi connectivity index (χ3n) is 3.56. The highest BCUT2D eigenvalue weighted by Gasteiger charge is 2.28. The first kappa shape index (κ1) is 25.2. The van der Waals surface area contributed by atoms with Crippen molar-refractivity contribution in [3.05, 3.63) is 42.0 Å². The third kappa shape index (κ3) is 12.3. The number of hydrogen-bond acceptors (Lipinski definition) is 3. The van der Waals surface area contributed by atoms with Crippen LogP contribution >= 0.6 is 0 Å². The van der Waals surface area contributed by atoms with Crippen LogP contribution in [0.15, 0.2) is 30.8 Å². The predicted octanol–water partition coefficient (Wildman–Crippen LogP) is 4.90. The number of hydrogen-bond donors (Lipinski definition) is 0. The summed E-state index contributed by atoms with van der Waals surface area (Å²) in [5.41, 5.74) is 4.69. The van der Waals surface area contributed by atoms with Gasteiger partial charge < -0.3 is 12.3 Å². The van der Waals surface area contributed by atoms with Crippen molar-refractivity contribution < 1.29 is 12.3 Å². The van der Waals surface area contributed by atoms with Gasteiger partial charge in [-0.05, 0) is 74.3 Å². The Balaban J connectivity index is 2.27. The molecule has 0 aliphatic rings. The van der Waals surface area contributed by atoms with Crippen molar-refractivity contribution >= 4 is 60.3 Å². The van der Waals surface area contributed by atoms with Gasteiger partial charge in [-0.15, -0.1) is 0 Å². The van der Waals surface area contributed by atoms with E-state index >= 15 is 0 Å². The van der Waals surface area contributed by atoms with Crippen LogP contribution in [0.5, 0.6) is 0 Å². The van der Waals surface area contributed by atoms with Crippen LogP contribution in [0.2, 0.25) is 57.2 Å². The van der Waals surface area contributed by atoms with Gasteiger partial charge in [0, 0.05) is 0 Å². The van der Waals surface area contributed by atoms with Crippen molar-refractivity contribution in [2.45, 2.75) is 63.2 Å². The Morgan fingerprint density at radius 2 is 1.26 bits per heavy atom. The van der Waals surface area contributed by atoms with Crippen LogP contribution in [0.25, 0.3) is 6.08 Å². The van der Waals surface area contributed by atoms with E-state index in [1.54, 1.807) is 0 Å². The van der Waals surface area contributed by atoms with E-state index in [1.807, 2.05) is 6.08 Å². The minimum atomic E-state index is -1.65. The first-order chi connectivity index (χ1) is 12.4. The number of rotatable bonds is 13. The molecule has 0 aliphatic heterocycles. The Hall–Kier alpha value is 0.141. The predicted molar refractivity (Wildman–Crippen MR) is 129 cm³/mol. The second-order valence-corrected chi connectivity index (χ2v) is 26.6. The molecule has 0 saturated heterocycles. The first-order valence-electron chi connectivity index (χ1n) is 9.36. The molecule has 1 aromatic rings. The second-order valence-electron chi connectivity index (χ2n) is 8.85. The molecule has 0 amide bonds. The fourth-order valence-corrected chi connectivity index (χ4v) is 14.1. The highest BCUT2D eigenvalue weighted by atomic mass is 28.4. The average molecular weight is 467 g/mol. The van der Waals surface area contributed by atoms with Crippen LogP contribution < -0.4 is 0 Å². The summed E-state index contributed by atoms with van der Waals surface area (Å²) in [5.74, 6) is 0. The lowest BCUT2D eigenvalue weighted by Gasteiger charge is -2.27. The van der Waals surface area contributed by atoms with Gasteiger partial charge in [-0.1, -0.05) is 36.9 Å². The van der Waals surface area contributed by atoms with Gasteiger partial charge in [-0.25, -0.2) is 0 Å². The molecule has 9 heteroatoms. The van der Waals surface area contributed by atoms with Crippen molar-refractivity contribution in [1.82, 2.24) is 0 Å². The maximum atomic E-state index is 6.33. The summed E-state index contributed by atoms with van der Waals surface area (Å²) < 4.78 is 18.7. The fourth-order valence-electron chi connectivity index (χ4n) is 1.99. The molecule has 0 unspecified atom stereocenters. The molecule has 148 valence electrons. The Kier molecular flexibility index (Phi) is 10.6. The molecular weight excluding hydrogens is 433 g/mol. The molecule has 0 aliphatic carbocycles. The third-order valence-corrected chi connectivity index (χ3v) is 20.7. The van der Waals surface area contributed by atoms with E-state index in [0.29, 0.717) is 29.3 Å². The molecule has 0 saturated carbocycles. The molecule has 1 aromatic carbocycles. The van der Waals surface area contributed by atoms with Crippen LogP contribution in [0.4, 0.5) is 0 Å². The zero-order valence-corrected chi connectivity index (χ0v) is 23.9. The molecule has 1 rings (SSSR count). The van der Waals surface area contributed by atoms with E-state index in [9.17, 15) is 0 Å². The SMILES string of the molecule is C=Cc1ccc(C[Si]O[Si](C)(C)C[Si]O[Si](C)(C)C[Si]O[Si](C)(C)C)cc1. The smallest absolute Gasteiger partial charge is 0.220 e. The molecule has 0 bridgehead atoms. The zero-order chi connectivity index (χ0) is 20.6. The summed E-state index contributed by atoms with van der Waals surface area (Å²) in [4.78, 5) is 0. The lowest BCUT2D eigenvalue weighted by Crippen LogP contribution is -2.40. The Bertz CT molecular complexity index is 569. The molecular formula is C18H34O3Si6. The van der Waals surface area contributed by atoms with Crippen LogP contribution in [0.1, 0.15) is 11.1 Å². The standard InChI is InChI=1S/C18H34O3Si6/c1-9-17-10-12-18(13-11-17)14-22-20-26(5,6)16-24-21-27(7,8)15-23-19-25(2,3)4/h9-13H,1,14-16H2,2-8H3. The number of benzene rings is 1. The highest BCUT2D eigenvalue weighted by molar-refractivity contribution is 6.86. The van der Waals surface area contributed by atoms with E-state index in [1.165, 1.54) is 11.1 Å². The van der Waals surface area contributed by atoms with Crippen LogP contribution in [0, 0.1) is 0 Å². The van der Waals surface area contributed by atoms with E-state index < -0.39 is 25.0 Å². The van der Waals surface area contributed by atoms with E-state index in [4.69, 9.17) is 12.3 Å². The van der Waals surface area contributed by atoms with Gasteiger partial charge in [0.05, 0.1) is 0 Å². The van der Waals surface area contributed by atoms with Crippen molar-refractivity contribution in [2.24, 2.45) is 0 Å². The molecule has 3 nitrogen and oxygen atoms in total. The molecule has 27 heavy (non-hydrogen) atoms. The minimum Gasteiger partial charge on any atom is -0.456 e.